The Balaban J connectivity index is 2.16. The van der Waals surface area contributed by atoms with Crippen molar-refractivity contribution in [3.05, 3.63) is 63.6 Å². The molecule has 0 unspecified atom stereocenters. The normalized spacial score (nSPS) is 10.4. The van der Waals surface area contributed by atoms with E-state index in [0.29, 0.717) is 16.8 Å². The summed E-state index contributed by atoms with van der Waals surface area (Å²) in [5.74, 6) is -0.605. The predicted molar refractivity (Wildman–Crippen MR) is 72.6 cm³/mol. The van der Waals surface area contributed by atoms with Crippen LogP contribution in [-0.2, 0) is 6.54 Å². The third-order valence-corrected chi connectivity index (χ3v) is 3.16. The van der Waals surface area contributed by atoms with Crippen molar-refractivity contribution in [3.8, 4) is 0 Å². The van der Waals surface area contributed by atoms with Crippen LogP contribution in [0.4, 0.5) is 14.5 Å². The topological polar surface area (TPSA) is 12.0 Å². The average molecular weight is 312 g/mol. The molecule has 0 aromatic heterocycles. The SMILES string of the molecule is Cc1cccc(NCc2cc(Br)ccc2F)c1F. The average Bonchev–Trinajstić information content (AvgIpc) is 2.35. The Hall–Kier alpha value is -1.42. The quantitative estimate of drug-likeness (QED) is 0.870. The highest BCUT2D eigenvalue weighted by molar-refractivity contribution is 9.10. The summed E-state index contributed by atoms with van der Waals surface area (Å²) >= 11 is 3.28. The lowest BCUT2D eigenvalue weighted by Gasteiger charge is -2.10. The van der Waals surface area contributed by atoms with Gasteiger partial charge in [-0.1, -0.05) is 28.1 Å². The van der Waals surface area contributed by atoms with Gasteiger partial charge in [-0.3, -0.25) is 0 Å². The van der Waals surface area contributed by atoms with E-state index in [9.17, 15) is 8.78 Å². The highest BCUT2D eigenvalue weighted by Crippen LogP contribution is 2.20. The van der Waals surface area contributed by atoms with Crippen molar-refractivity contribution in [1.82, 2.24) is 0 Å². The summed E-state index contributed by atoms with van der Waals surface area (Å²) in [6.45, 7) is 1.94. The van der Waals surface area contributed by atoms with Gasteiger partial charge in [0.2, 0.25) is 0 Å². The maximum absolute atomic E-state index is 13.7. The van der Waals surface area contributed by atoms with Crippen LogP contribution in [0.1, 0.15) is 11.1 Å². The first kappa shape index (κ1) is 13.0. The summed E-state index contributed by atoms with van der Waals surface area (Å²) in [5.41, 5.74) is 1.44. The lowest BCUT2D eigenvalue weighted by Crippen LogP contribution is -2.04. The predicted octanol–water partition coefficient (Wildman–Crippen LogP) is 4.65. The molecule has 0 fully saturated rings. The second kappa shape index (κ2) is 5.48. The Morgan fingerprint density at radius 2 is 1.94 bits per heavy atom. The molecule has 0 atom stereocenters. The van der Waals surface area contributed by atoms with Crippen molar-refractivity contribution in [2.24, 2.45) is 0 Å². The van der Waals surface area contributed by atoms with Crippen molar-refractivity contribution in [3.63, 3.8) is 0 Å². The maximum Gasteiger partial charge on any atom is 0.149 e. The second-order valence-electron chi connectivity index (χ2n) is 4.03. The van der Waals surface area contributed by atoms with E-state index in [-0.39, 0.29) is 18.2 Å². The summed E-state index contributed by atoms with van der Waals surface area (Å²) in [6.07, 6.45) is 0. The van der Waals surface area contributed by atoms with Gasteiger partial charge in [0.1, 0.15) is 11.6 Å². The third-order valence-electron chi connectivity index (χ3n) is 2.67. The molecule has 18 heavy (non-hydrogen) atoms. The first-order chi connectivity index (χ1) is 8.58. The lowest BCUT2D eigenvalue weighted by molar-refractivity contribution is 0.608. The first-order valence-corrected chi connectivity index (χ1v) is 6.30. The van der Waals surface area contributed by atoms with Crippen LogP contribution in [-0.4, -0.2) is 0 Å². The molecule has 0 amide bonds. The van der Waals surface area contributed by atoms with Crippen LogP contribution < -0.4 is 5.32 Å². The molecule has 0 aliphatic rings. The third kappa shape index (κ3) is 2.88. The lowest BCUT2D eigenvalue weighted by atomic mass is 10.2. The Labute approximate surface area is 113 Å². The minimum absolute atomic E-state index is 0.242. The van der Waals surface area contributed by atoms with Crippen molar-refractivity contribution in [1.29, 1.82) is 0 Å². The van der Waals surface area contributed by atoms with Crippen molar-refractivity contribution in [2.75, 3.05) is 5.32 Å². The van der Waals surface area contributed by atoms with Crippen LogP contribution in [0, 0.1) is 18.6 Å². The molecule has 4 heteroatoms. The van der Waals surface area contributed by atoms with Crippen molar-refractivity contribution >= 4 is 21.6 Å². The van der Waals surface area contributed by atoms with Gasteiger partial charge in [-0.25, -0.2) is 8.78 Å². The summed E-state index contributed by atoms with van der Waals surface area (Å²) in [4.78, 5) is 0. The molecule has 0 bridgehead atoms. The number of rotatable bonds is 3. The molecule has 0 radical (unpaired) electrons. The molecule has 2 aromatic rings. The van der Waals surface area contributed by atoms with Gasteiger partial charge in [0.05, 0.1) is 5.69 Å². The zero-order chi connectivity index (χ0) is 13.1. The van der Waals surface area contributed by atoms with E-state index in [0.717, 1.165) is 4.47 Å². The van der Waals surface area contributed by atoms with Crippen LogP contribution in [0.5, 0.6) is 0 Å². The second-order valence-corrected chi connectivity index (χ2v) is 4.94. The minimum atomic E-state index is -0.307. The van der Waals surface area contributed by atoms with Crippen LogP contribution in [0.3, 0.4) is 0 Å². The Morgan fingerprint density at radius 3 is 2.72 bits per heavy atom. The smallest absolute Gasteiger partial charge is 0.149 e. The highest BCUT2D eigenvalue weighted by Gasteiger charge is 2.06. The zero-order valence-electron chi connectivity index (χ0n) is 9.81. The fraction of sp³-hybridized carbons (Fsp3) is 0.143. The molecule has 2 rings (SSSR count). The molecule has 0 aliphatic heterocycles. The van der Waals surface area contributed by atoms with Gasteiger partial charge in [-0.05, 0) is 36.8 Å². The van der Waals surface area contributed by atoms with E-state index < -0.39 is 0 Å². The number of anilines is 1. The molecule has 0 saturated carbocycles. The highest BCUT2D eigenvalue weighted by atomic mass is 79.9. The summed E-state index contributed by atoms with van der Waals surface area (Å²) < 4.78 is 28.0. The van der Waals surface area contributed by atoms with Gasteiger partial charge in [0, 0.05) is 16.6 Å². The number of hydrogen-bond acceptors (Lipinski definition) is 1. The minimum Gasteiger partial charge on any atom is -0.378 e. The van der Waals surface area contributed by atoms with Crippen LogP contribution in [0.25, 0.3) is 0 Å². The number of aryl methyl sites for hydroxylation is 1. The molecule has 1 N–H and O–H groups in total. The van der Waals surface area contributed by atoms with E-state index in [4.69, 9.17) is 0 Å². The molecule has 94 valence electrons. The zero-order valence-corrected chi connectivity index (χ0v) is 11.4. The number of nitrogens with one attached hydrogen (secondary N) is 1. The molecule has 0 saturated heterocycles. The summed E-state index contributed by atoms with van der Waals surface area (Å²) in [7, 11) is 0. The Bertz CT molecular complexity index is 568. The Kier molecular flexibility index (Phi) is 3.97. The van der Waals surface area contributed by atoms with Gasteiger partial charge in [-0.2, -0.15) is 0 Å². The van der Waals surface area contributed by atoms with E-state index >= 15 is 0 Å². The first-order valence-electron chi connectivity index (χ1n) is 5.51. The summed E-state index contributed by atoms with van der Waals surface area (Å²) in [6, 6.07) is 9.78. The van der Waals surface area contributed by atoms with Gasteiger partial charge in [0.25, 0.3) is 0 Å². The van der Waals surface area contributed by atoms with Gasteiger partial charge < -0.3 is 5.32 Å². The van der Waals surface area contributed by atoms with Gasteiger partial charge in [-0.15, -0.1) is 0 Å². The maximum atomic E-state index is 13.7. The Morgan fingerprint density at radius 1 is 1.17 bits per heavy atom. The van der Waals surface area contributed by atoms with E-state index in [1.807, 2.05) is 0 Å². The van der Waals surface area contributed by atoms with E-state index in [1.54, 1.807) is 37.3 Å². The van der Waals surface area contributed by atoms with E-state index in [2.05, 4.69) is 21.2 Å². The van der Waals surface area contributed by atoms with Crippen molar-refractivity contribution < 1.29 is 8.78 Å². The monoisotopic (exact) mass is 311 g/mol. The fourth-order valence-electron chi connectivity index (χ4n) is 1.65. The molecular weight excluding hydrogens is 300 g/mol. The van der Waals surface area contributed by atoms with Crippen molar-refractivity contribution in [2.45, 2.75) is 13.5 Å². The molecule has 1 nitrogen and oxygen atoms in total. The summed E-state index contributed by atoms with van der Waals surface area (Å²) in [5, 5.41) is 2.90. The standard InChI is InChI=1S/C14H12BrF2N/c1-9-3-2-4-13(14(9)17)18-8-10-7-11(15)5-6-12(10)16/h2-7,18H,8H2,1H3. The molecule has 2 aromatic carbocycles. The van der Waals surface area contributed by atoms with E-state index in [1.165, 1.54) is 6.07 Å². The van der Waals surface area contributed by atoms with Crippen LogP contribution >= 0.6 is 15.9 Å². The molecule has 0 heterocycles. The van der Waals surface area contributed by atoms with Gasteiger partial charge >= 0.3 is 0 Å². The van der Waals surface area contributed by atoms with Crippen LogP contribution in [0.2, 0.25) is 0 Å². The molecular formula is C14H12BrF2N. The van der Waals surface area contributed by atoms with Gasteiger partial charge in [0.15, 0.2) is 0 Å². The largest absolute Gasteiger partial charge is 0.378 e. The van der Waals surface area contributed by atoms with Crippen LogP contribution in [0.15, 0.2) is 40.9 Å². The fourth-order valence-corrected chi connectivity index (χ4v) is 2.06. The number of hydrogen-bond donors (Lipinski definition) is 1. The molecule has 0 aliphatic carbocycles. The number of halogens is 3. The number of benzene rings is 2. The molecule has 0 spiro atoms.